The van der Waals surface area contributed by atoms with Gasteiger partial charge in [0, 0.05) is 18.2 Å². The highest BCUT2D eigenvalue weighted by Gasteiger charge is 2.23. The molecule has 1 aliphatic rings. The number of aromatic nitrogens is 3. The molecule has 0 unspecified atom stereocenters. The van der Waals surface area contributed by atoms with Gasteiger partial charge in [0.2, 0.25) is 0 Å². The Balaban J connectivity index is 1.70. The van der Waals surface area contributed by atoms with Crippen LogP contribution in [0.3, 0.4) is 0 Å². The van der Waals surface area contributed by atoms with Crippen molar-refractivity contribution in [1.29, 1.82) is 0 Å². The molecule has 1 aliphatic heterocycles. The summed E-state index contributed by atoms with van der Waals surface area (Å²) < 4.78 is 1.81. The first-order valence-corrected chi connectivity index (χ1v) is 8.21. The summed E-state index contributed by atoms with van der Waals surface area (Å²) in [5, 5.41) is 25.2. The van der Waals surface area contributed by atoms with Crippen LogP contribution >= 0.6 is 0 Å². The number of carbonyl (C=O) groups is 1. The fourth-order valence-corrected chi connectivity index (χ4v) is 3.05. The van der Waals surface area contributed by atoms with Gasteiger partial charge in [0.05, 0.1) is 16.7 Å². The molecule has 1 aromatic heterocycles. The minimum absolute atomic E-state index is 0.0159. The lowest BCUT2D eigenvalue weighted by Crippen LogP contribution is -2.30. The maximum atomic E-state index is 12.4. The Bertz CT molecular complexity index is 782. The Morgan fingerprint density at radius 2 is 2.12 bits per heavy atom. The molecule has 0 radical (unpaired) electrons. The van der Waals surface area contributed by atoms with Gasteiger partial charge >= 0.3 is 0 Å². The van der Waals surface area contributed by atoms with Crippen LogP contribution in [0.15, 0.2) is 24.3 Å². The Hall–Kier alpha value is -2.81. The highest BCUT2D eigenvalue weighted by molar-refractivity contribution is 5.93. The van der Waals surface area contributed by atoms with Crippen LogP contribution in [0.5, 0.6) is 0 Å². The van der Waals surface area contributed by atoms with Crippen molar-refractivity contribution in [2.24, 2.45) is 0 Å². The molecule has 25 heavy (non-hydrogen) atoms. The zero-order valence-corrected chi connectivity index (χ0v) is 13.9. The van der Waals surface area contributed by atoms with Crippen LogP contribution in [0.4, 0.5) is 5.69 Å². The third-order valence-electron chi connectivity index (χ3n) is 4.42. The van der Waals surface area contributed by atoms with E-state index in [9.17, 15) is 14.9 Å². The van der Waals surface area contributed by atoms with E-state index in [4.69, 9.17) is 0 Å². The van der Waals surface area contributed by atoms with E-state index in [0.717, 1.165) is 25.9 Å². The second-order valence-electron chi connectivity index (χ2n) is 6.02. The number of benzene rings is 1. The quantitative estimate of drug-likeness (QED) is 0.625. The summed E-state index contributed by atoms with van der Waals surface area (Å²) >= 11 is 0. The van der Waals surface area contributed by atoms with Gasteiger partial charge in [-0.3, -0.25) is 14.9 Å². The van der Waals surface area contributed by atoms with E-state index in [0.29, 0.717) is 11.3 Å². The van der Waals surface area contributed by atoms with Crippen molar-refractivity contribution in [2.75, 3.05) is 13.1 Å². The Morgan fingerprint density at radius 3 is 2.84 bits per heavy atom. The number of rotatable bonds is 5. The summed E-state index contributed by atoms with van der Waals surface area (Å²) in [5.41, 5.74) is 1.41. The number of amides is 1. The van der Waals surface area contributed by atoms with E-state index in [1.807, 2.05) is 6.92 Å². The molecule has 1 aromatic carbocycles. The van der Waals surface area contributed by atoms with Crippen molar-refractivity contribution < 1.29 is 9.72 Å². The zero-order chi connectivity index (χ0) is 17.8. The molecule has 1 fully saturated rings. The lowest BCUT2D eigenvalue weighted by Gasteiger charge is -2.23. The number of hydrogen-bond donors (Lipinski definition) is 2. The molecule has 132 valence electrons. The van der Waals surface area contributed by atoms with Crippen LogP contribution in [0.1, 0.15) is 40.6 Å². The number of piperidine rings is 1. The highest BCUT2D eigenvalue weighted by Crippen LogP contribution is 2.21. The molecule has 3 rings (SSSR count). The smallest absolute Gasteiger partial charge is 0.274 e. The summed E-state index contributed by atoms with van der Waals surface area (Å²) in [4.78, 5) is 23.0. The molecule has 2 N–H and O–H groups in total. The zero-order valence-electron chi connectivity index (χ0n) is 13.9. The van der Waals surface area contributed by atoms with Gasteiger partial charge in [-0.05, 0) is 32.9 Å². The van der Waals surface area contributed by atoms with Gasteiger partial charge in [-0.2, -0.15) is 0 Å². The maximum absolute atomic E-state index is 12.4. The number of carbonyl (C=O) groups excluding carboxylic acids is 1. The largest absolute Gasteiger partial charge is 0.346 e. The standard InChI is InChI=1S/C16H20N6O3/c1-11-15(19-20-21(11)13-6-8-17-9-7-13)16(23)18-10-12-4-2-3-5-14(12)22(24)25/h2-5,13,17H,6-10H2,1H3,(H,18,23). The van der Waals surface area contributed by atoms with E-state index in [1.165, 1.54) is 6.07 Å². The third-order valence-corrected chi connectivity index (χ3v) is 4.42. The first-order chi connectivity index (χ1) is 12.1. The van der Waals surface area contributed by atoms with Crippen LogP contribution in [-0.4, -0.2) is 38.9 Å². The number of nitro groups is 1. The fraction of sp³-hybridized carbons (Fsp3) is 0.438. The van der Waals surface area contributed by atoms with Crippen molar-refractivity contribution in [3.8, 4) is 0 Å². The average molecular weight is 344 g/mol. The highest BCUT2D eigenvalue weighted by atomic mass is 16.6. The van der Waals surface area contributed by atoms with Crippen LogP contribution < -0.4 is 10.6 Å². The van der Waals surface area contributed by atoms with Crippen molar-refractivity contribution in [3.63, 3.8) is 0 Å². The molecule has 1 amide bonds. The molecule has 2 heterocycles. The van der Waals surface area contributed by atoms with Gasteiger partial charge in [0.1, 0.15) is 0 Å². The second kappa shape index (κ2) is 7.39. The van der Waals surface area contributed by atoms with Gasteiger partial charge in [-0.25, -0.2) is 4.68 Å². The van der Waals surface area contributed by atoms with E-state index in [-0.39, 0.29) is 29.9 Å². The van der Waals surface area contributed by atoms with Gasteiger partial charge in [0.25, 0.3) is 11.6 Å². The molecule has 2 aromatic rings. The van der Waals surface area contributed by atoms with Gasteiger partial charge in [-0.15, -0.1) is 5.10 Å². The number of para-hydroxylation sites is 1. The minimum Gasteiger partial charge on any atom is -0.346 e. The summed E-state index contributed by atoms with van der Waals surface area (Å²) in [6.45, 7) is 3.73. The molecular formula is C16H20N6O3. The molecule has 0 atom stereocenters. The molecule has 0 aliphatic carbocycles. The molecule has 9 nitrogen and oxygen atoms in total. The average Bonchev–Trinajstić information content (AvgIpc) is 3.02. The Kier molecular flexibility index (Phi) is 5.03. The number of nitrogens with zero attached hydrogens (tertiary/aromatic N) is 4. The molecule has 1 saturated heterocycles. The maximum Gasteiger partial charge on any atom is 0.274 e. The summed E-state index contributed by atoms with van der Waals surface area (Å²) in [5.74, 6) is -0.379. The predicted octanol–water partition coefficient (Wildman–Crippen LogP) is 1.35. The van der Waals surface area contributed by atoms with Crippen molar-refractivity contribution in [3.05, 3.63) is 51.3 Å². The van der Waals surface area contributed by atoms with Crippen LogP contribution in [0.2, 0.25) is 0 Å². The summed E-state index contributed by atoms with van der Waals surface area (Å²) in [6, 6.07) is 6.58. The van der Waals surface area contributed by atoms with E-state index >= 15 is 0 Å². The predicted molar refractivity (Wildman–Crippen MR) is 90.2 cm³/mol. The van der Waals surface area contributed by atoms with Crippen molar-refractivity contribution >= 4 is 11.6 Å². The molecule has 9 heteroatoms. The molecule has 0 saturated carbocycles. The lowest BCUT2D eigenvalue weighted by molar-refractivity contribution is -0.385. The number of nitro benzene ring substituents is 1. The van der Waals surface area contributed by atoms with Crippen molar-refractivity contribution in [2.45, 2.75) is 32.4 Å². The van der Waals surface area contributed by atoms with Crippen LogP contribution in [-0.2, 0) is 6.54 Å². The topological polar surface area (TPSA) is 115 Å². The second-order valence-corrected chi connectivity index (χ2v) is 6.02. The van der Waals surface area contributed by atoms with Gasteiger partial charge in [0.15, 0.2) is 5.69 Å². The van der Waals surface area contributed by atoms with E-state index < -0.39 is 4.92 Å². The minimum atomic E-state index is -0.458. The summed E-state index contributed by atoms with van der Waals surface area (Å²) in [7, 11) is 0. The fourth-order valence-electron chi connectivity index (χ4n) is 3.05. The lowest BCUT2D eigenvalue weighted by atomic mass is 10.1. The number of nitrogens with one attached hydrogen (secondary N) is 2. The van der Waals surface area contributed by atoms with Crippen molar-refractivity contribution in [1.82, 2.24) is 25.6 Å². The van der Waals surface area contributed by atoms with E-state index in [2.05, 4.69) is 20.9 Å². The van der Waals surface area contributed by atoms with Gasteiger partial charge in [-0.1, -0.05) is 23.4 Å². The van der Waals surface area contributed by atoms with Gasteiger partial charge < -0.3 is 10.6 Å². The molecular weight excluding hydrogens is 324 g/mol. The third kappa shape index (κ3) is 3.66. The molecule has 0 bridgehead atoms. The normalized spacial score (nSPS) is 15.1. The first-order valence-electron chi connectivity index (χ1n) is 8.21. The summed E-state index contributed by atoms with van der Waals surface area (Å²) in [6.07, 6.45) is 1.89. The first kappa shape index (κ1) is 17.0. The number of hydrogen-bond acceptors (Lipinski definition) is 6. The van der Waals surface area contributed by atoms with E-state index in [1.54, 1.807) is 22.9 Å². The monoisotopic (exact) mass is 344 g/mol. The SMILES string of the molecule is Cc1c(C(=O)NCc2ccccc2[N+](=O)[O-])nnn1C1CCNCC1. The van der Waals surface area contributed by atoms with Crippen LogP contribution in [0, 0.1) is 17.0 Å². The molecule has 0 spiro atoms. The van der Waals surface area contributed by atoms with Crippen LogP contribution in [0.25, 0.3) is 0 Å². The Morgan fingerprint density at radius 1 is 1.40 bits per heavy atom. The Labute approximate surface area is 144 Å².